The second-order valence-corrected chi connectivity index (χ2v) is 3.98. The molecule has 0 N–H and O–H groups in total. The Hall–Kier alpha value is 0.340. The molecule has 1 rings (SSSR count). The van der Waals surface area contributed by atoms with E-state index in [9.17, 15) is 0 Å². The molecule has 2 atom stereocenters. The summed E-state index contributed by atoms with van der Waals surface area (Å²) in [6.45, 7) is 0. The highest BCUT2D eigenvalue weighted by atomic mass is 32.0. The van der Waals surface area contributed by atoms with Gasteiger partial charge in [-0.15, -0.1) is 0 Å². The molecule has 2 heteroatoms. The number of rotatable bonds is 0. The van der Waals surface area contributed by atoms with Crippen molar-refractivity contribution >= 4 is 16.5 Å². The van der Waals surface area contributed by atoms with Crippen LogP contribution in [0.4, 0.5) is 0 Å². The summed E-state index contributed by atoms with van der Waals surface area (Å²) in [5.74, 6) is 4.44. The number of hydrogen-bond acceptors (Lipinski definition) is 0. The van der Waals surface area contributed by atoms with Crippen LogP contribution in [0.25, 0.3) is 0 Å². The fourth-order valence-corrected chi connectivity index (χ4v) is 2.07. The molecule has 0 bridgehead atoms. The average molecular weight is 116 g/mol. The summed E-state index contributed by atoms with van der Waals surface area (Å²) in [5.41, 5.74) is 0. The van der Waals surface area contributed by atoms with Crippen molar-refractivity contribution in [2.45, 2.75) is 0 Å². The van der Waals surface area contributed by atoms with E-state index in [0.29, 0.717) is 0 Å². The summed E-state index contributed by atoms with van der Waals surface area (Å²) in [5, 5.41) is 0. The quantitative estimate of drug-likeness (QED) is 0.426. The molecule has 0 aromatic carbocycles. The van der Waals surface area contributed by atoms with Gasteiger partial charge in [0.2, 0.25) is 0 Å². The Morgan fingerprint density at radius 3 is 1.50 bits per heavy atom. The molecule has 1 aliphatic heterocycles. The lowest BCUT2D eigenvalue weighted by Crippen LogP contribution is -1.44. The topological polar surface area (TPSA) is 0 Å². The van der Waals surface area contributed by atoms with Crippen molar-refractivity contribution in [3.63, 3.8) is 0 Å². The molecular formula is C4H6P2. The Kier molecular flexibility index (Phi) is 1.88. The van der Waals surface area contributed by atoms with Crippen LogP contribution in [0.3, 0.4) is 0 Å². The van der Waals surface area contributed by atoms with Crippen LogP contribution >= 0.6 is 16.5 Å². The van der Waals surface area contributed by atoms with Crippen LogP contribution in [0.15, 0.2) is 23.8 Å². The average Bonchev–Trinajstić information content (AvgIpc) is 1.72. The zero-order chi connectivity index (χ0) is 4.24. The standard InChI is InChI=1S/C4H6P2/c1-2-4-6-5-3-1/h1-6H. The van der Waals surface area contributed by atoms with Crippen molar-refractivity contribution in [3.8, 4) is 0 Å². The summed E-state index contributed by atoms with van der Waals surface area (Å²) in [6, 6.07) is 0. The van der Waals surface area contributed by atoms with Crippen molar-refractivity contribution in [1.29, 1.82) is 0 Å². The molecule has 0 saturated carbocycles. The van der Waals surface area contributed by atoms with Gasteiger partial charge in [0, 0.05) is 0 Å². The number of hydrogen-bond donors (Lipinski definition) is 0. The van der Waals surface area contributed by atoms with Crippen LogP contribution in [-0.2, 0) is 0 Å². The van der Waals surface area contributed by atoms with E-state index >= 15 is 0 Å². The minimum atomic E-state index is 1.06. The van der Waals surface area contributed by atoms with Gasteiger partial charge in [0.1, 0.15) is 0 Å². The molecule has 0 saturated heterocycles. The third-order valence-corrected chi connectivity index (χ3v) is 2.94. The molecule has 1 heterocycles. The van der Waals surface area contributed by atoms with Crippen molar-refractivity contribution in [2.24, 2.45) is 0 Å². The van der Waals surface area contributed by atoms with Crippen molar-refractivity contribution in [3.05, 3.63) is 23.8 Å². The third-order valence-electron chi connectivity index (χ3n) is 0.554. The molecule has 32 valence electrons. The summed E-state index contributed by atoms with van der Waals surface area (Å²) in [4.78, 5) is 0. The van der Waals surface area contributed by atoms with Gasteiger partial charge in [-0.2, -0.15) is 0 Å². The molecule has 0 aromatic rings. The molecule has 0 amide bonds. The second kappa shape index (κ2) is 2.50. The summed E-state index contributed by atoms with van der Waals surface area (Å²) >= 11 is 0. The molecule has 1 aliphatic rings. The molecule has 2 unspecified atom stereocenters. The summed E-state index contributed by atoms with van der Waals surface area (Å²) in [6.07, 6.45) is 4.21. The molecule has 0 nitrogen and oxygen atoms in total. The zero-order valence-electron chi connectivity index (χ0n) is 3.31. The molecule has 0 radical (unpaired) electrons. The fraction of sp³-hybridized carbons (Fsp3) is 0. The monoisotopic (exact) mass is 116 g/mol. The molecule has 0 fully saturated rings. The highest BCUT2D eigenvalue weighted by Gasteiger charge is 1.76. The zero-order valence-corrected chi connectivity index (χ0v) is 5.31. The van der Waals surface area contributed by atoms with Gasteiger partial charge in [-0.25, -0.2) is 0 Å². The lowest BCUT2D eigenvalue weighted by molar-refractivity contribution is 2.09. The third kappa shape index (κ3) is 1.20. The van der Waals surface area contributed by atoms with E-state index in [0.717, 1.165) is 16.5 Å². The fourth-order valence-electron chi connectivity index (χ4n) is 0.304. The largest absolute Gasteiger partial charge is 0.0718 e. The predicted molar refractivity (Wildman–Crippen MR) is 34.9 cm³/mol. The van der Waals surface area contributed by atoms with E-state index in [-0.39, 0.29) is 0 Å². The van der Waals surface area contributed by atoms with Crippen LogP contribution in [-0.4, -0.2) is 0 Å². The van der Waals surface area contributed by atoms with Gasteiger partial charge in [0.15, 0.2) is 0 Å². The first-order valence-electron chi connectivity index (χ1n) is 1.83. The number of allylic oxidation sites excluding steroid dienone is 2. The normalized spacial score (nSPS) is 26.7. The van der Waals surface area contributed by atoms with Crippen LogP contribution in [0.1, 0.15) is 0 Å². The van der Waals surface area contributed by atoms with Crippen molar-refractivity contribution < 1.29 is 0 Å². The van der Waals surface area contributed by atoms with Gasteiger partial charge in [0.25, 0.3) is 0 Å². The molecule has 0 aromatic heterocycles. The van der Waals surface area contributed by atoms with Gasteiger partial charge >= 0.3 is 0 Å². The Bertz CT molecular complexity index is 71.5. The van der Waals surface area contributed by atoms with Gasteiger partial charge in [-0.1, -0.05) is 40.3 Å². The maximum Gasteiger partial charge on any atom is -0.0588 e. The SMILES string of the molecule is C1=CPPC=C1. The van der Waals surface area contributed by atoms with E-state index < -0.39 is 0 Å². The van der Waals surface area contributed by atoms with Crippen LogP contribution in [0.2, 0.25) is 0 Å². The van der Waals surface area contributed by atoms with E-state index in [1.807, 2.05) is 0 Å². The van der Waals surface area contributed by atoms with E-state index in [4.69, 9.17) is 0 Å². The maximum atomic E-state index is 2.22. The van der Waals surface area contributed by atoms with Crippen molar-refractivity contribution in [2.75, 3.05) is 0 Å². The molecule has 0 aliphatic carbocycles. The lowest BCUT2D eigenvalue weighted by Gasteiger charge is -1.89. The van der Waals surface area contributed by atoms with Gasteiger partial charge < -0.3 is 0 Å². The Labute approximate surface area is 41.2 Å². The summed E-state index contributed by atoms with van der Waals surface area (Å²) in [7, 11) is 2.12. The van der Waals surface area contributed by atoms with E-state index in [1.54, 1.807) is 0 Å². The minimum absolute atomic E-state index is 1.06. The first-order valence-corrected chi connectivity index (χ1v) is 4.98. The smallest absolute Gasteiger partial charge is 0.0588 e. The minimum Gasteiger partial charge on any atom is -0.0718 e. The Morgan fingerprint density at radius 1 is 0.833 bits per heavy atom. The first-order chi connectivity index (χ1) is 3.00. The predicted octanol–water partition coefficient (Wildman–Crippen LogP) is 2.30. The Balaban J connectivity index is 2.46. The van der Waals surface area contributed by atoms with E-state index in [2.05, 4.69) is 23.8 Å². The van der Waals surface area contributed by atoms with Crippen molar-refractivity contribution in [1.82, 2.24) is 0 Å². The molecule has 6 heavy (non-hydrogen) atoms. The van der Waals surface area contributed by atoms with Gasteiger partial charge in [-0.05, 0) is 0 Å². The summed E-state index contributed by atoms with van der Waals surface area (Å²) < 4.78 is 0. The van der Waals surface area contributed by atoms with Crippen LogP contribution < -0.4 is 0 Å². The highest BCUT2D eigenvalue weighted by molar-refractivity contribution is 8.14. The van der Waals surface area contributed by atoms with Gasteiger partial charge in [-0.3, -0.25) is 0 Å². The second-order valence-electron chi connectivity index (χ2n) is 1.01. The first kappa shape index (κ1) is 4.50. The lowest BCUT2D eigenvalue weighted by atomic mass is 10.6. The van der Waals surface area contributed by atoms with Crippen LogP contribution in [0.5, 0.6) is 0 Å². The van der Waals surface area contributed by atoms with Crippen LogP contribution in [0, 0.1) is 0 Å². The molecule has 0 spiro atoms. The van der Waals surface area contributed by atoms with E-state index in [1.165, 1.54) is 0 Å². The highest BCUT2D eigenvalue weighted by Crippen LogP contribution is 2.40. The molecular weight excluding hydrogens is 110 g/mol. The maximum absolute atomic E-state index is 2.22. The van der Waals surface area contributed by atoms with Gasteiger partial charge in [0.05, 0.1) is 0 Å². The Morgan fingerprint density at radius 2 is 1.33 bits per heavy atom.